The van der Waals surface area contributed by atoms with Gasteiger partial charge in [0.15, 0.2) is 5.44 Å². The van der Waals surface area contributed by atoms with E-state index in [0.29, 0.717) is 19.4 Å². The lowest BCUT2D eigenvalue weighted by Crippen LogP contribution is -2.30. The Kier molecular flexibility index (Phi) is 3.55. The Balaban J connectivity index is 2.51. The lowest BCUT2D eigenvalue weighted by molar-refractivity contribution is -0.146. The Hall–Kier alpha value is -0.300. The van der Waals surface area contributed by atoms with Crippen LogP contribution in [0.5, 0.6) is 0 Å². The maximum Gasteiger partial charge on any atom is 0.306 e. The minimum absolute atomic E-state index is 0.228. The average Bonchev–Trinajstić information content (AvgIpc) is 2.08. The van der Waals surface area contributed by atoms with Gasteiger partial charge in [-0.3, -0.25) is 8.98 Å². The van der Waals surface area contributed by atoms with E-state index in [-0.39, 0.29) is 6.42 Å². The van der Waals surface area contributed by atoms with Crippen LogP contribution in [0.3, 0.4) is 0 Å². The van der Waals surface area contributed by atoms with Crippen LogP contribution in [0.2, 0.25) is 0 Å². The summed E-state index contributed by atoms with van der Waals surface area (Å²) in [6.45, 7) is 1.96. The number of carbonyl (C=O) groups is 1. The molecule has 0 aromatic rings. The smallest absolute Gasteiger partial charge is 0.306 e. The standard InChI is InChI=1S/C7H14O5S/c1-2-6(8)12-7-4-3-5-11-13(7,9)10/h7,9-10H,2-5H2,1H3. The van der Waals surface area contributed by atoms with Gasteiger partial charge < -0.3 is 13.8 Å². The second-order valence-corrected chi connectivity index (χ2v) is 4.61. The molecule has 0 aliphatic carbocycles. The van der Waals surface area contributed by atoms with Crippen LogP contribution in [-0.2, 0) is 13.7 Å². The topological polar surface area (TPSA) is 76.0 Å². The van der Waals surface area contributed by atoms with E-state index in [1.807, 2.05) is 0 Å². The van der Waals surface area contributed by atoms with E-state index in [2.05, 4.69) is 0 Å². The van der Waals surface area contributed by atoms with E-state index in [4.69, 9.17) is 8.92 Å². The Labute approximate surface area is 78.6 Å². The van der Waals surface area contributed by atoms with Gasteiger partial charge in [-0.1, -0.05) is 6.92 Å². The van der Waals surface area contributed by atoms with E-state index >= 15 is 0 Å². The molecule has 0 aromatic heterocycles. The molecule has 13 heavy (non-hydrogen) atoms. The van der Waals surface area contributed by atoms with Crippen molar-refractivity contribution in [1.82, 2.24) is 0 Å². The molecule has 6 heteroatoms. The van der Waals surface area contributed by atoms with Crippen molar-refractivity contribution in [1.29, 1.82) is 0 Å². The van der Waals surface area contributed by atoms with Crippen LogP contribution in [0.15, 0.2) is 0 Å². The molecule has 1 aliphatic rings. The summed E-state index contributed by atoms with van der Waals surface area (Å²) in [4.78, 5) is 10.9. The fraction of sp³-hybridized carbons (Fsp3) is 0.857. The molecular weight excluding hydrogens is 196 g/mol. The van der Waals surface area contributed by atoms with Gasteiger partial charge in [0.1, 0.15) is 10.9 Å². The van der Waals surface area contributed by atoms with Crippen molar-refractivity contribution in [3.63, 3.8) is 0 Å². The predicted molar refractivity (Wildman–Crippen MR) is 48.2 cm³/mol. The molecule has 0 spiro atoms. The summed E-state index contributed by atoms with van der Waals surface area (Å²) in [5.74, 6) is -0.435. The predicted octanol–water partition coefficient (Wildman–Crippen LogP) is 1.74. The van der Waals surface area contributed by atoms with Crippen molar-refractivity contribution < 1.29 is 22.8 Å². The summed E-state index contributed by atoms with van der Waals surface area (Å²) in [6, 6.07) is 0. The fourth-order valence-corrected chi connectivity index (χ4v) is 2.23. The molecule has 5 nitrogen and oxygen atoms in total. The lowest BCUT2D eigenvalue weighted by atomic mass is 10.3. The molecule has 0 saturated carbocycles. The Morgan fingerprint density at radius 1 is 1.69 bits per heavy atom. The summed E-state index contributed by atoms with van der Waals surface area (Å²) >= 11 is 0. The second kappa shape index (κ2) is 4.28. The largest absolute Gasteiger partial charge is 0.446 e. The number of rotatable bonds is 2. The molecule has 1 aliphatic heterocycles. The Morgan fingerprint density at radius 2 is 2.38 bits per heavy atom. The van der Waals surface area contributed by atoms with Gasteiger partial charge in [-0.05, 0) is 6.42 Å². The Bertz CT molecular complexity index is 193. The first-order chi connectivity index (χ1) is 6.06. The van der Waals surface area contributed by atoms with Gasteiger partial charge in [0.05, 0.1) is 6.61 Å². The number of hydrogen-bond donors (Lipinski definition) is 2. The van der Waals surface area contributed by atoms with E-state index in [9.17, 15) is 13.9 Å². The van der Waals surface area contributed by atoms with Crippen LogP contribution in [-0.4, -0.2) is 27.1 Å². The molecule has 1 fully saturated rings. The zero-order chi connectivity index (χ0) is 9.90. The summed E-state index contributed by atoms with van der Waals surface area (Å²) in [5, 5.41) is 0. The zero-order valence-corrected chi connectivity index (χ0v) is 8.25. The number of hydrogen-bond acceptors (Lipinski definition) is 5. The summed E-state index contributed by atoms with van der Waals surface area (Å²) in [5.41, 5.74) is -0.881. The molecule has 0 radical (unpaired) electrons. The van der Waals surface area contributed by atoms with Crippen LogP contribution in [0, 0.1) is 0 Å². The summed E-state index contributed by atoms with van der Waals surface area (Å²) in [7, 11) is -3.17. The lowest BCUT2D eigenvalue weighted by Gasteiger charge is -2.37. The molecule has 1 atom stereocenters. The molecule has 1 saturated heterocycles. The highest BCUT2D eigenvalue weighted by Crippen LogP contribution is 2.50. The average molecular weight is 210 g/mol. The Morgan fingerprint density at radius 3 is 2.92 bits per heavy atom. The van der Waals surface area contributed by atoms with E-state index in [1.165, 1.54) is 0 Å². The van der Waals surface area contributed by atoms with Gasteiger partial charge >= 0.3 is 5.97 Å². The van der Waals surface area contributed by atoms with Crippen molar-refractivity contribution in [2.24, 2.45) is 0 Å². The molecule has 78 valence electrons. The zero-order valence-electron chi connectivity index (χ0n) is 7.43. The first kappa shape index (κ1) is 10.8. The van der Waals surface area contributed by atoms with Crippen LogP contribution in [0.25, 0.3) is 0 Å². The van der Waals surface area contributed by atoms with E-state index in [0.717, 1.165) is 0 Å². The number of ether oxygens (including phenoxy) is 1. The molecule has 0 bridgehead atoms. The van der Waals surface area contributed by atoms with Crippen molar-refractivity contribution in [2.45, 2.75) is 31.6 Å². The third-order valence-electron chi connectivity index (χ3n) is 1.73. The third-order valence-corrected chi connectivity index (χ3v) is 3.27. The quantitative estimate of drug-likeness (QED) is 0.679. The van der Waals surface area contributed by atoms with Crippen LogP contribution >= 0.6 is 10.9 Å². The number of carbonyl (C=O) groups excluding carboxylic acids is 1. The maximum absolute atomic E-state index is 10.9. The van der Waals surface area contributed by atoms with Gasteiger partial charge in [0, 0.05) is 12.8 Å². The first-order valence-electron chi connectivity index (χ1n) is 4.17. The second-order valence-electron chi connectivity index (χ2n) is 2.77. The molecule has 1 heterocycles. The van der Waals surface area contributed by atoms with Crippen molar-refractivity contribution in [3.8, 4) is 0 Å². The third kappa shape index (κ3) is 2.84. The molecule has 1 unspecified atom stereocenters. The highest BCUT2D eigenvalue weighted by molar-refractivity contribution is 8.20. The summed E-state index contributed by atoms with van der Waals surface area (Å²) in [6.07, 6.45) is 1.36. The molecule has 0 amide bonds. The molecule has 2 N–H and O–H groups in total. The fourth-order valence-electron chi connectivity index (χ4n) is 1.01. The van der Waals surface area contributed by atoms with Crippen LogP contribution in [0.4, 0.5) is 0 Å². The minimum Gasteiger partial charge on any atom is -0.446 e. The van der Waals surface area contributed by atoms with Crippen LogP contribution in [0.1, 0.15) is 26.2 Å². The van der Waals surface area contributed by atoms with E-state index in [1.54, 1.807) is 6.92 Å². The normalized spacial score (nSPS) is 29.3. The SMILES string of the molecule is CCC(=O)OC1CCCOS1(O)O. The van der Waals surface area contributed by atoms with Gasteiger partial charge in [-0.2, -0.15) is 0 Å². The minimum atomic E-state index is -3.17. The van der Waals surface area contributed by atoms with Crippen LogP contribution < -0.4 is 0 Å². The van der Waals surface area contributed by atoms with Crippen molar-refractivity contribution >= 4 is 16.8 Å². The van der Waals surface area contributed by atoms with Crippen molar-refractivity contribution in [3.05, 3.63) is 0 Å². The highest BCUT2D eigenvalue weighted by atomic mass is 32.3. The van der Waals surface area contributed by atoms with Gasteiger partial charge in [-0.25, -0.2) is 0 Å². The van der Waals surface area contributed by atoms with Gasteiger partial charge in [-0.15, -0.1) is 0 Å². The van der Waals surface area contributed by atoms with Gasteiger partial charge in [0.2, 0.25) is 0 Å². The maximum atomic E-state index is 10.9. The molecule has 0 aromatic carbocycles. The van der Waals surface area contributed by atoms with Gasteiger partial charge in [0.25, 0.3) is 0 Å². The molecule has 1 rings (SSSR count). The monoisotopic (exact) mass is 210 g/mol. The van der Waals surface area contributed by atoms with E-state index < -0.39 is 22.3 Å². The number of esters is 1. The highest BCUT2D eigenvalue weighted by Gasteiger charge is 2.36. The van der Waals surface area contributed by atoms with Crippen molar-refractivity contribution in [2.75, 3.05) is 6.61 Å². The molecular formula is C7H14O5S. The first-order valence-corrected chi connectivity index (χ1v) is 5.70. The summed E-state index contributed by atoms with van der Waals surface area (Å²) < 4.78 is 28.2.